The minimum absolute atomic E-state index is 0. The van der Waals surface area contributed by atoms with Crippen LogP contribution in [0, 0.1) is 6.92 Å². The van der Waals surface area contributed by atoms with Gasteiger partial charge in [-0.3, -0.25) is 4.99 Å². The Labute approximate surface area is 194 Å². The van der Waals surface area contributed by atoms with Crippen LogP contribution in [0.15, 0.2) is 34.6 Å². The number of aryl methyl sites for hydroxylation is 1. The van der Waals surface area contributed by atoms with Gasteiger partial charge in [0, 0.05) is 38.0 Å². The van der Waals surface area contributed by atoms with E-state index in [0.717, 1.165) is 34.8 Å². The van der Waals surface area contributed by atoms with E-state index in [2.05, 4.69) is 30.7 Å². The molecule has 162 valence electrons. The first-order valence-electron chi connectivity index (χ1n) is 9.21. The molecule has 0 saturated heterocycles. The number of nitrogens with one attached hydrogen (secondary N) is 3. The van der Waals surface area contributed by atoms with Gasteiger partial charge < -0.3 is 10.6 Å². The highest BCUT2D eigenvalue weighted by atomic mass is 127. The van der Waals surface area contributed by atoms with Crippen molar-refractivity contribution in [1.29, 1.82) is 0 Å². The maximum Gasteiger partial charge on any atom is 0.216 e. The fraction of sp³-hybridized carbons (Fsp3) is 0.474. The Balaban J connectivity index is 0.00000420. The van der Waals surface area contributed by atoms with Gasteiger partial charge >= 0.3 is 0 Å². The summed E-state index contributed by atoms with van der Waals surface area (Å²) < 4.78 is 27.2. The molecule has 0 saturated carbocycles. The summed E-state index contributed by atoms with van der Waals surface area (Å²) >= 11 is 1.65. The number of aliphatic imine (C=N–C) groups is 1. The number of aromatic nitrogens is 1. The van der Waals surface area contributed by atoms with Gasteiger partial charge in [0.2, 0.25) is 10.0 Å². The van der Waals surface area contributed by atoms with Gasteiger partial charge in [0.15, 0.2) is 5.96 Å². The van der Waals surface area contributed by atoms with Crippen LogP contribution in [0.2, 0.25) is 0 Å². The Morgan fingerprint density at radius 3 is 2.48 bits per heavy atom. The fourth-order valence-corrected chi connectivity index (χ4v) is 4.85. The molecule has 0 spiro atoms. The van der Waals surface area contributed by atoms with Crippen LogP contribution in [0.4, 0.5) is 0 Å². The van der Waals surface area contributed by atoms with Crippen molar-refractivity contribution in [2.45, 2.75) is 45.5 Å². The van der Waals surface area contributed by atoms with Gasteiger partial charge in [-0.1, -0.05) is 24.3 Å². The lowest BCUT2D eigenvalue weighted by atomic mass is 10.1. The molecule has 0 radical (unpaired) electrons. The van der Waals surface area contributed by atoms with Gasteiger partial charge in [-0.15, -0.1) is 35.3 Å². The van der Waals surface area contributed by atoms with Crippen molar-refractivity contribution >= 4 is 51.3 Å². The normalized spacial score (nSPS) is 12.0. The van der Waals surface area contributed by atoms with E-state index in [4.69, 9.17) is 0 Å². The Morgan fingerprint density at radius 1 is 1.21 bits per heavy atom. The molecule has 0 unspecified atom stereocenters. The molecule has 2 aromatic rings. The van der Waals surface area contributed by atoms with E-state index < -0.39 is 10.0 Å². The quantitative estimate of drug-likeness (QED) is 0.253. The topological polar surface area (TPSA) is 95.5 Å². The van der Waals surface area contributed by atoms with E-state index in [9.17, 15) is 8.42 Å². The summed E-state index contributed by atoms with van der Waals surface area (Å²) in [5.41, 5.74) is 2.77. The van der Waals surface area contributed by atoms with E-state index in [1.54, 1.807) is 18.4 Å². The molecule has 3 N–H and O–H groups in total. The molecule has 29 heavy (non-hydrogen) atoms. The van der Waals surface area contributed by atoms with Gasteiger partial charge in [-0.05, 0) is 31.9 Å². The minimum Gasteiger partial charge on any atom is -0.356 e. The van der Waals surface area contributed by atoms with Crippen molar-refractivity contribution in [1.82, 2.24) is 20.3 Å². The van der Waals surface area contributed by atoms with E-state index in [1.807, 2.05) is 45.0 Å². The summed E-state index contributed by atoms with van der Waals surface area (Å²) in [5.74, 6) is 0.628. The monoisotopic (exact) mass is 551 g/mol. The zero-order valence-electron chi connectivity index (χ0n) is 17.2. The number of rotatable bonds is 9. The molecule has 0 amide bonds. The van der Waals surface area contributed by atoms with E-state index in [0.29, 0.717) is 12.5 Å². The fourth-order valence-electron chi connectivity index (χ4n) is 2.71. The highest BCUT2D eigenvalue weighted by molar-refractivity contribution is 14.0. The molecule has 0 fully saturated rings. The minimum atomic E-state index is -3.37. The van der Waals surface area contributed by atoms with E-state index in [1.165, 1.54) is 0 Å². The highest BCUT2D eigenvalue weighted by Crippen LogP contribution is 2.12. The average molecular weight is 552 g/mol. The molecule has 0 atom stereocenters. The lowest BCUT2D eigenvalue weighted by Crippen LogP contribution is -2.38. The van der Waals surface area contributed by atoms with E-state index in [-0.39, 0.29) is 35.8 Å². The Morgan fingerprint density at radius 2 is 1.90 bits per heavy atom. The van der Waals surface area contributed by atoms with Crippen LogP contribution in [0.5, 0.6) is 0 Å². The van der Waals surface area contributed by atoms with Gasteiger partial charge in [0.05, 0.1) is 16.5 Å². The predicted molar refractivity (Wildman–Crippen MR) is 132 cm³/mol. The third kappa shape index (κ3) is 9.41. The number of thiazole rings is 1. The summed E-state index contributed by atoms with van der Waals surface area (Å²) in [6, 6.07) is 7.41. The average Bonchev–Trinajstić information content (AvgIpc) is 3.02. The van der Waals surface area contributed by atoms with E-state index >= 15 is 0 Å². The predicted octanol–water partition coefficient (Wildman–Crippen LogP) is 2.81. The highest BCUT2D eigenvalue weighted by Gasteiger charge is 2.15. The van der Waals surface area contributed by atoms with Crippen LogP contribution in [-0.2, 0) is 28.7 Å². The first kappa shape index (κ1) is 25.8. The number of halogens is 1. The second kappa shape index (κ2) is 12.5. The molecule has 10 heteroatoms. The second-order valence-corrected chi connectivity index (χ2v) is 9.58. The summed E-state index contributed by atoms with van der Waals surface area (Å²) in [6.45, 7) is 6.83. The molecule has 7 nitrogen and oxygen atoms in total. The number of sulfonamides is 1. The van der Waals surface area contributed by atoms with Crippen molar-refractivity contribution in [3.63, 3.8) is 0 Å². The summed E-state index contributed by atoms with van der Waals surface area (Å²) in [4.78, 5) is 8.68. The molecule has 0 aliphatic carbocycles. The van der Waals surface area contributed by atoms with Crippen molar-refractivity contribution in [3.05, 3.63) is 51.5 Å². The number of hydrogen-bond acceptors (Lipinski definition) is 5. The van der Waals surface area contributed by atoms with Gasteiger partial charge in [-0.25, -0.2) is 18.1 Å². The zero-order chi connectivity index (χ0) is 20.6. The molecule has 1 aromatic carbocycles. The number of benzene rings is 1. The molecule has 0 bridgehead atoms. The van der Waals surface area contributed by atoms with Crippen LogP contribution in [0.3, 0.4) is 0 Å². The van der Waals surface area contributed by atoms with Crippen molar-refractivity contribution < 1.29 is 8.42 Å². The standard InChI is InChI=1S/C19H29N5O2S2.HI/c1-14(2)24-28(25,26)13-17-8-6-5-7-16(17)11-22-19(20-4)21-10-9-18-12-27-15(3)23-18;/h5-8,12,14,24H,9-11,13H2,1-4H3,(H2,20,21,22);1H. The van der Waals surface area contributed by atoms with Gasteiger partial charge in [0.25, 0.3) is 0 Å². The van der Waals surface area contributed by atoms with Gasteiger partial charge in [-0.2, -0.15) is 0 Å². The number of nitrogens with zero attached hydrogens (tertiary/aromatic N) is 2. The first-order valence-corrected chi connectivity index (χ1v) is 11.7. The lowest BCUT2D eigenvalue weighted by molar-refractivity contribution is 0.568. The van der Waals surface area contributed by atoms with Crippen molar-refractivity contribution in [3.8, 4) is 0 Å². The molecule has 2 rings (SSSR count). The Kier molecular flexibility index (Phi) is 11.1. The number of guanidine groups is 1. The lowest BCUT2D eigenvalue weighted by Gasteiger charge is -2.15. The van der Waals surface area contributed by atoms with Crippen LogP contribution in [0.25, 0.3) is 0 Å². The SMILES string of the molecule is CN=C(NCCc1csc(C)n1)NCc1ccccc1CS(=O)(=O)NC(C)C.I. The second-order valence-electron chi connectivity index (χ2n) is 6.76. The van der Waals surface area contributed by atoms with Crippen molar-refractivity contribution in [2.24, 2.45) is 4.99 Å². The summed E-state index contributed by atoms with van der Waals surface area (Å²) in [6.07, 6.45) is 0.820. The number of hydrogen-bond donors (Lipinski definition) is 3. The summed E-state index contributed by atoms with van der Waals surface area (Å²) in [7, 11) is -1.66. The third-order valence-corrected chi connectivity index (χ3v) is 6.23. The smallest absolute Gasteiger partial charge is 0.216 e. The van der Waals surface area contributed by atoms with Crippen LogP contribution in [-0.4, -0.2) is 39.0 Å². The largest absolute Gasteiger partial charge is 0.356 e. The third-order valence-electron chi connectivity index (χ3n) is 3.89. The molecule has 1 heterocycles. The van der Waals surface area contributed by atoms with Crippen LogP contribution < -0.4 is 15.4 Å². The van der Waals surface area contributed by atoms with Crippen molar-refractivity contribution in [2.75, 3.05) is 13.6 Å². The zero-order valence-corrected chi connectivity index (χ0v) is 21.2. The molecular formula is C19H30IN5O2S2. The molecule has 0 aliphatic rings. The first-order chi connectivity index (χ1) is 13.3. The Hall–Kier alpha value is -1.24. The Bertz CT molecular complexity index is 898. The summed E-state index contributed by atoms with van der Waals surface area (Å²) in [5, 5.41) is 9.64. The van der Waals surface area contributed by atoms with Crippen LogP contribution in [0.1, 0.15) is 35.7 Å². The maximum atomic E-state index is 12.3. The maximum absolute atomic E-state index is 12.3. The molecule has 1 aromatic heterocycles. The molecular weight excluding hydrogens is 521 g/mol. The molecule has 0 aliphatic heterocycles. The van der Waals surface area contributed by atoms with Gasteiger partial charge in [0.1, 0.15) is 0 Å². The van der Waals surface area contributed by atoms with Crippen LogP contribution >= 0.6 is 35.3 Å².